The highest BCUT2D eigenvalue weighted by atomic mass is 16.5. The first-order valence-electron chi connectivity index (χ1n) is 9.12. The SMILES string of the molecule is CCN(C[C@H]1CCOC1)C(=O)N[C@@H](C)c1ccc2c(c1)CCC(=O)N2. The Balaban J connectivity index is 1.61. The molecule has 2 N–H and O–H groups in total. The summed E-state index contributed by atoms with van der Waals surface area (Å²) in [6, 6.07) is 5.87. The maximum absolute atomic E-state index is 12.6. The van der Waals surface area contributed by atoms with Crippen LogP contribution < -0.4 is 10.6 Å². The molecule has 25 heavy (non-hydrogen) atoms. The number of carbonyl (C=O) groups excluding carboxylic acids is 2. The molecule has 1 aromatic rings. The van der Waals surface area contributed by atoms with Crippen molar-refractivity contribution in [1.29, 1.82) is 0 Å². The number of aryl methyl sites for hydroxylation is 1. The summed E-state index contributed by atoms with van der Waals surface area (Å²) < 4.78 is 5.40. The van der Waals surface area contributed by atoms with E-state index in [-0.39, 0.29) is 18.0 Å². The molecule has 1 aromatic carbocycles. The molecule has 0 saturated carbocycles. The van der Waals surface area contributed by atoms with Crippen molar-refractivity contribution in [3.63, 3.8) is 0 Å². The zero-order valence-corrected chi connectivity index (χ0v) is 15.0. The molecule has 0 unspecified atom stereocenters. The van der Waals surface area contributed by atoms with Gasteiger partial charge in [0.2, 0.25) is 5.91 Å². The molecular formula is C19H27N3O3. The van der Waals surface area contributed by atoms with E-state index >= 15 is 0 Å². The first-order chi connectivity index (χ1) is 12.1. The van der Waals surface area contributed by atoms with Crippen LogP contribution in [0.4, 0.5) is 10.5 Å². The largest absolute Gasteiger partial charge is 0.381 e. The fraction of sp³-hybridized carbons (Fsp3) is 0.579. The standard InChI is InChI=1S/C19H27N3O3/c1-3-22(11-14-8-9-25-12-14)19(24)20-13(2)15-4-6-17-16(10-15)5-7-18(23)21-17/h4,6,10,13-14H,3,5,7-9,11-12H2,1-2H3,(H,20,24)(H,21,23)/t13-,14+/m0/s1. The highest BCUT2D eigenvalue weighted by Gasteiger charge is 2.23. The van der Waals surface area contributed by atoms with E-state index in [2.05, 4.69) is 16.7 Å². The molecule has 3 amide bonds. The molecule has 6 heteroatoms. The minimum atomic E-state index is -0.0793. The number of amides is 3. The van der Waals surface area contributed by atoms with Crippen molar-refractivity contribution in [2.75, 3.05) is 31.6 Å². The average Bonchev–Trinajstić information content (AvgIpc) is 3.12. The molecule has 6 nitrogen and oxygen atoms in total. The fourth-order valence-corrected chi connectivity index (χ4v) is 3.43. The minimum absolute atomic E-state index is 0.0343. The van der Waals surface area contributed by atoms with Crippen LogP contribution in [0.3, 0.4) is 0 Å². The summed E-state index contributed by atoms with van der Waals surface area (Å²) >= 11 is 0. The van der Waals surface area contributed by atoms with Crippen LogP contribution in [-0.4, -0.2) is 43.1 Å². The Bertz CT molecular complexity index is 641. The van der Waals surface area contributed by atoms with Crippen molar-refractivity contribution in [3.8, 4) is 0 Å². The lowest BCUT2D eigenvalue weighted by molar-refractivity contribution is -0.116. The minimum Gasteiger partial charge on any atom is -0.381 e. The van der Waals surface area contributed by atoms with Crippen molar-refractivity contribution in [3.05, 3.63) is 29.3 Å². The van der Waals surface area contributed by atoms with Gasteiger partial charge < -0.3 is 20.3 Å². The van der Waals surface area contributed by atoms with E-state index < -0.39 is 0 Å². The van der Waals surface area contributed by atoms with Gasteiger partial charge in [-0.05, 0) is 43.9 Å². The Hall–Kier alpha value is -2.08. The smallest absolute Gasteiger partial charge is 0.317 e. The molecule has 136 valence electrons. The second-order valence-corrected chi connectivity index (χ2v) is 6.90. The predicted molar refractivity (Wildman–Crippen MR) is 96.5 cm³/mol. The van der Waals surface area contributed by atoms with Gasteiger partial charge in [-0.25, -0.2) is 4.79 Å². The van der Waals surface area contributed by atoms with Crippen LogP contribution in [-0.2, 0) is 16.0 Å². The molecule has 2 aliphatic rings. The normalized spacial score (nSPS) is 20.6. The Morgan fingerprint density at radius 3 is 3.00 bits per heavy atom. The van der Waals surface area contributed by atoms with Gasteiger partial charge in [-0.2, -0.15) is 0 Å². The highest BCUT2D eigenvalue weighted by Crippen LogP contribution is 2.26. The van der Waals surface area contributed by atoms with Gasteiger partial charge in [0.25, 0.3) is 0 Å². The third-order valence-corrected chi connectivity index (χ3v) is 5.04. The van der Waals surface area contributed by atoms with Crippen LogP contribution in [0.5, 0.6) is 0 Å². The highest BCUT2D eigenvalue weighted by molar-refractivity contribution is 5.93. The number of rotatable bonds is 5. The van der Waals surface area contributed by atoms with Crippen molar-refractivity contribution in [1.82, 2.24) is 10.2 Å². The van der Waals surface area contributed by atoms with E-state index in [9.17, 15) is 9.59 Å². The quantitative estimate of drug-likeness (QED) is 0.862. The number of ether oxygens (including phenoxy) is 1. The number of hydrogen-bond donors (Lipinski definition) is 2. The Morgan fingerprint density at radius 1 is 1.44 bits per heavy atom. The van der Waals surface area contributed by atoms with Crippen LogP contribution >= 0.6 is 0 Å². The van der Waals surface area contributed by atoms with Gasteiger partial charge in [-0.15, -0.1) is 0 Å². The molecule has 0 radical (unpaired) electrons. The maximum Gasteiger partial charge on any atom is 0.317 e. The molecule has 2 aliphatic heterocycles. The Morgan fingerprint density at radius 2 is 2.28 bits per heavy atom. The summed E-state index contributed by atoms with van der Waals surface area (Å²) in [6.07, 6.45) is 2.29. The Labute approximate surface area is 148 Å². The van der Waals surface area contributed by atoms with Crippen LogP contribution in [0.25, 0.3) is 0 Å². The van der Waals surface area contributed by atoms with Gasteiger partial charge in [0.15, 0.2) is 0 Å². The van der Waals surface area contributed by atoms with Gasteiger partial charge >= 0.3 is 6.03 Å². The number of carbonyl (C=O) groups is 2. The Kier molecular flexibility index (Phi) is 5.58. The summed E-state index contributed by atoms with van der Waals surface area (Å²) in [5.41, 5.74) is 3.08. The molecule has 1 fully saturated rings. The van der Waals surface area contributed by atoms with Crippen LogP contribution in [0.15, 0.2) is 18.2 Å². The number of anilines is 1. The molecule has 0 bridgehead atoms. The summed E-state index contributed by atoms with van der Waals surface area (Å²) in [6.45, 7) is 6.97. The van der Waals surface area contributed by atoms with E-state index in [0.717, 1.165) is 49.4 Å². The maximum atomic E-state index is 12.6. The zero-order chi connectivity index (χ0) is 17.8. The van der Waals surface area contributed by atoms with Crippen molar-refractivity contribution in [2.45, 2.75) is 39.2 Å². The van der Waals surface area contributed by atoms with Gasteiger partial charge in [0, 0.05) is 37.7 Å². The molecule has 3 rings (SSSR count). The zero-order valence-electron chi connectivity index (χ0n) is 15.0. The number of fused-ring (bicyclic) bond motifs is 1. The first kappa shape index (κ1) is 17.7. The molecule has 2 atom stereocenters. The van der Waals surface area contributed by atoms with E-state index in [4.69, 9.17) is 4.74 Å². The van der Waals surface area contributed by atoms with Crippen molar-refractivity contribution >= 4 is 17.6 Å². The second kappa shape index (κ2) is 7.87. The lowest BCUT2D eigenvalue weighted by Gasteiger charge is -2.27. The van der Waals surface area contributed by atoms with Gasteiger partial charge in [0.05, 0.1) is 12.6 Å². The first-order valence-corrected chi connectivity index (χ1v) is 9.12. The number of hydrogen-bond acceptors (Lipinski definition) is 3. The lowest BCUT2D eigenvalue weighted by atomic mass is 9.98. The van der Waals surface area contributed by atoms with E-state index in [1.807, 2.05) is 30.9 Å². The molecule has 2 heterocycles. The van der Waals surface area contributed by atoms with Crippen molar-refractivity contribution < 1.29 is 14.3 Å². The van der Waals surface area contributed by atoms with Crippen molar-refractivity contribution in [2.24, 2.45) is 5.92 Å². The van der Waals surface area contributed by atoms with Crippen LogP contribution in [0, 0.1) is 5.92 Å². The second-order valence-electron chi connectivity index (χ2n) is 6.90. The molecule has 1 saturated heterocycles. The summed E-state index contributed by atoms with van der Waals surface area (Å²) in [4.78, 5) is 25.9. The topological polar surface area (TPSA) is 70.7 Å². The number of nitrogens with zero attached hydrogens (tertiary/aromatic N) is 1. The molecule has 0 aliphatic carbocycles. The predicted octanol–water partition coefficient (Wildman–Crippen LogP) is 2.70. The fourth-order valence-electron chi connectivity index (χ4n) is 3.43. The van der Waals surface area contributed by atoms with E-state index in [1.165, 1.54) is 0 Å². The van der Waals surface area contributed by atoms with E-state index in [1.54, 1.807) is 0 Å². The van der Waals surface area contributed by atoms with Gasteiger partial charge in [-0.1, -0.05) is 12.1 Å². The number of benzene rings is 1. The molecule has 0 aromatic heterocycles. The third-order valence-electron chi connectivity index (χ3n) is 5.04. The van der Waals surface area contributed by atoms with E-state index in [0.29, 0.717) is 18.9 Å². The lowest BCUT2D eigenvalue weighted by Crippen LogP contribution is -2.43. The monoisotopic (exact) mass is 345 g/mol. The number of urea groups is 1. The van der Waals surface area contributed by atoms with Gasteiger partial charge in [0.1, 0.15) is 0 Å². The van der Waals surface area contributed by atoms with Crippen LogP contribution in [0.1, 0.15) is 43.9 Å². The van der Waals surface area contributed by atoms with Crippen LogP contribution in [0.2, 0.25) is 0 Å². The third kappa shape index (κ3) is 4.31. The molecular weight excluding hydrogens is 318 g/mol. The average molecular weight is 345 g/mol. The summed E-state index contributed by atoms with van der Waals surface area (Å²) in [5.74, 6) is 0.504. The number of nitrogens with one attached hydrogen (secondary N) is 2. The summed E-state index contributed by atoms with van der Waals surface area (Å²) in [5, 5.41) is 5.98. The van der Waals surface area contributed by atoms with Gasteiger partial charge in [-0.3, -0.25) is 4.79 Å². The molecule has 0 spiro atoms. The summed E-state index contributed by atoms with van der Waals surface area (Å²) in [7, 11) is 0.